The van der Waals surface area contributed by atoms with E-state index in [0.717, 1.165) is 36.3 Å². The number of carbonyl (C=O) groups excluding carboxylic acids is 1. The van der Waals surface area contributed by atoms with Crippen LogP contribution in [0.5, 0.6) is 5.75 Å². The van der Waals surface area contributed by atoms with E-state index in [0.29, 0.717) is 43.3 Å². The molecule has 0 saturated heterocycles. The maximum atomic E-state index is 13.9. The summed E-state index contributed by atoms with van der Waals surface area (Å²) in [5, 5.41) is 4.53. The fourth-order valence-electron chi connectivity index (χ4n) is 5.02. The highest BCUT2D eigenvalue weighted by molar-refractivity contribution is 5.97. The van der Waals surface area contributed by atoms with Crippen molar-refractivity contribution in [2.75, 3.05) is 38.8 Å². The van der Waals surface area contributed by atoms with Crippen LogP contribution in [-0.4, -0.2) is 49.9 Å². The lowest BCUT2D eigenvalue weighted by atomic mass is 9.99. The Morgan fingerprint density at radius 1 is 0.974 bits per heavy atom. The fraction of sp³-hybridized carbons (Fsp3) is 0.290. The predicted octanol–water partition coefficient (Wildman–Crippen LogP) is 5.59. The average molecular weight is 512 g/mol. The van der Waals surface area contributed by atoms with Crippen molar-refractivity contribution in [3.05, 3.63) is 101 Å². The molecule has 0 atom stereocenters. The zero-order valence-electron chi connectivity index (χ0n) is 21.9. The van der Waals surface area contributed by atoms with Gasteiger partial charge >= 0.3 is 0 Å². The summed E-state index contributed by atoms with van der Waals surface area (Å²) < 4.78 is 16.9. The Morgan fingerprint density at radius 3 is 2.50 bits per heavy atom. The van der Waals surface area contributed by atoms with Gasteiger partial charge in [-0.1, -0.05) is 71.9 Å². The SMILES string of the molecule is COCCCN(Cc1c(-c2ccccc2)noc1N1CCc2ccccc2C1)C(=O)c1ccccc1OC. The van der Waals surface area contributed by atoms with Gasteiger partial charge in [-0.15, -0.1) is 0 Å². The topological polar surface area (TPSA) is 68.0 Å². The number of anilines is 1. The smallest absolute Gasteiger partial charge is 0.257 e. The van der Waals surface area contributed by atoms with Crippen LogP contribution in [0.15, 0.2) is 83.4 Å². The molecule has 0 fully saturated rings. The van der Waals surface area contributed by atoms with Crippen LogP contribution in [0.4, 0.5) is 5.88 Å². The molecule has 0 N–H and O–H groups in total. The normalized spacial score (nSPS) is 12.7. The number of rotatable bonds is 10. The van der Waals surface area contributed by atoms with Crippen LogP contribution in [0.3, 0.4) is 0 Å². The monoisotopic (exact) mass is 511 g/mol. The Bertz CT molecular complexity index is 1370. The van der Waals surface area contributed by atoms with Gasteiger partial charge in [0, 0.05) is 38.9 Å². The second kappa shape index (κ2) is 12.0. The quantitative estimate of drug-likeness (QED) is 0.259. The molecule has 0 bridgehead atoms. The number of nitrogens with zero attached hydrogens (tertiary/aromatic N) is 3. The van der Waals surface area contributed by atoms with E-state index in [1.807, 2.05) is 53.4 Å². The highest BCUT2D eigenvalue weighted by Crippen LogP contribution is 2.35. The maximum Gasteiger partial charge on any atom is 0.257 e. The number of benzene rings is 3. The van der Waals surface area contributed by atoms with Gasteiger partial charge < -0.3 is 23.8 Å². The summed E-state index contributed by atoms with van der Waals surface area (Å²) in [5.41, 5.74) is 5.78. The number of ether oxygens (including phenoxy) is 2. The van der Waals surface area contributed by atoms with Crippen molar-refractivity contribution in [2.24, 2.45) is 0 Å². The number of methoxy groups -OCH3 is 2. The van der Waals surface area contributed by atoms with Gasteiger partial charge in [-0.25, -0.2) is 0 Å². The van der Waals surface area contributed by atoms with Gasteiger partial charge in [0.1, 0.15) is 11.4 Å². The molecule has 1 amide bonds. The largest absolute Gasteiger partial charge is 0.496 e. The third kappa shape index (κ3) is 5.43. The van der Waals surface area contributed by atoms with Gasteiger partial charge in [-0.3, -0.25) is 4.79 Å². The van der Waals surface area contributed by atoms with Crippen molar-refractivity contribution in [3.63, 3.8) is 0 Å². The molecule has 196 valence electrons. The molecular weight excluding hydrogens is 478 g/mol. The lowest BCUT2D eigenvalue weighted by molar-refractivity contribution is 0.0720. The number of amides is 1. The van der Waals surface area contributed by atoms with E-state index < -0.39 is 0 Å². The lowest BCUT2D eigenvalue weighted by Gasteiger charge is -2.30. The van der Waals surface area contributed by atoms with Crippen molar-refractivity contribution < 1.29 is 18.8 Å². The molecule has 0 saturated carbocycles. The van der Waals surface area contributed by atoms with E-state index in [4.69, 9.17) is 14.0 Å². The van der Waals surface area contributed by atoms with Crippen LogP contribution >= 0.6 is 0 Å². The summed E-state index contributed by atoms with van der Waals surface area (Å²) in [6.07, 6.45) is 1.63. The summed E-state index contributed by atoms with van der Waals surface area (Å²) in [4.78, 5) is 18.0. The van der Waals surface area contributed by atoms with Crippen molar-refractivity contribution in [1.29, 1.82) is 0 Å². The van der Waals surface area contributed by atoms with E-state index in [1.54, 1.807) is 20.3 Å². The molecule has 4 aromatic rings. The van der Waals surface area contributed by atoms with Crippen LogP contribution < -0.4 is 9.64 Å². The molecular formula is C31H33N3O4. The lowest BCUT2D eigenvalue weighted by Crippen LogP contribution is -2.34. The van der Waals surface area contributed by atoms with Crippen LogP contribution in [-0.2, 0) is 24.2 Å². The zero-order valence-corrected chi connectivity index (χ0v) is 21.9. The maximum absolute atomic E-state index is 13.9. The minimum Gasteiger partial charge on any atom is -0.496 e. The van der Waals surface area contributed by atoms with Crippen LogP contribution in [0, 0.1) is 0 Å². The van der Waals surface area contributed by atoms with Crippen molar-refractivity contribution in [3.8, 4) is 17.0 Å². The van der Waals surface area contributed by atoms with Crippen molar-refractivity contribution in [2.45, 2.75) is 25.9 Å². The number of para-hydroxylation sites is 1. The molecule has 7 nitrogen and oxygen atoms in total. The second-order valence-electron chi connectivity index (χ2n) is 9.39. The van der Waals surface area contributed by atoms with E-state index >= 15 is 0 Å². The third-order valence-corrected chi connectivity index (χ3v) is 6.98. The molecule has 0 spiro atoms. The van der Waals surface area contributed by atoms with E-state index in [1.165, 1.54) is 11.1 Å². The Morgan fingerprint density at radius 2 is 1.71 bits per heavy atom. The summed E-state index contributed by atoms with van der Waals surface area (Å²) in [5.74, 6) is 1.16. The van der Waals surface area contributed by atoms with Gasteiger partial charge in [-0.05, 0) is 36.1 Å². The van der Waals surface area contributed by atoms with Crippen LogP contribution in [0.1, 0.15) is 33.5 Å². The molecule has 0 aliphatic carbocycles. The first-order valence-electron chi connectivity index (χ1n) is 13.0. The molecule has 0 radical (unpaired) electrons. The predicted molar refractivity (Wildman–Crippen MR) is 147 cm³/mol. The molecule has 0 unspecified atom stereocenters. The summed E-state index contributed by atoms with van der Waals surface area (Å²) in [6, 6.07) is 25.8. The number of carbonyl (C=O) groups is 1. The van der Waals surface area contributed by atoms with E-state index in [-0.39, 0.29) is 5.91 Å². The molecule has 1 aliphatic rings. The Labute approximate surface area is 223 Å². The molecule has 7 heteroatoms. The van der Waals surface area contributed by atoms with Gasteiger partial charge in [0.15, 0.2) is 0 Å². The van der Waals surface area contributed by atoms with Gasteiger partial charge in [0.2, 0.25) is 5.88 Å². The fourth-order valence-corrected chi connectivity index (χ4v) is 5.02. The van der Waals surface area contributed by atoms with Crippen molar-refractivity contribution in [1.82, 2.24) is 10.1 Å². The Balaban J connectivity index is 1.53. The molecule has 1 aliphatic heterocycles. The Hall–Kier alpha value is -4.10. The molecule has 3 aromatic carbocycles. The van der Waals surface area contributed by atoms with E-state index in [9.17, 15) is 4.79 Å². The number of aromatic nitrogens is 1. The Kier molecular flexibility index (Phi) is 8.04. The summed E-state index contributed by atoms with van der Waals surface area (Å²) in [7, 11) is 3.26. The highest BCUT2D eigenvalue weighted by atomic mass is 16.5. The number of hydrogen-bond donors (Lipinski definition) is 0. The number of fused-ring (bicyclic) bond motifs is 1. The molecule has 5 rings (SSSR count). The van der Waals surface area contributed by atoms with Gasteiger partial charge in [-0.2, -0.15) is 0 Å². The third-order valence-electron chi connectivity index (χ3n) is 6.98. The average Bonchev–Trinajstić information content (AvgIpc) is 3.40. The second-order valence-corrected chi connectivity index (χ2v) is 9.39. The minimum absolute atomic E-state index is 0.103. The summed E-state index contributed by atoms with van der Waals surface area (Å²) in [6.45, 7) is 2.98. The van der Waals surface area contributed by atoms with E-state index in [2.05, 4.69) is 34.3 Å². The van der Waals surface area contributed by atoms with Crippen molar-refractivity contribution >= 4 is 11.8 Å². The van der Waals surface area contributed by atoms with Crippen LogP contribution in [0.2, 0.25) is 0 Å². The van der Waals surface area contributed by atoms with Crippen LogP contribution in [0.25, 0.3) is 11.3 Å². The standard InChI is InChI=1S/C31H33N3O4/c1-36-20-10-18-33(30(35)26-15-8-9-16-28(26)37-2)22-27-29(24-12-4-3-5-13-24)32-38-31(27)34-19-17-23-11-6-7-14-25(23)21-34/h3-9,11-16H,10,17-22H2,1-2H3. The minimum atomic E-state index is -0.103. The zero-order chi connectivity index (χ0) is 26.3. The van der Waals surface area contributed by atoms with Gasteiger partial charge in [0.25, 0.3) is 5.91 Å². The summed E-state index contributed by atoms with van der Waals surface area (Å²) >= 11 is 0. The first-order chi connectivity index (χ1) is 18.7. The molecule has 38 heavy (non-hydrogen) atoms. The highest BCUT2D eigenvalue weighted by Gasteiger charge is 2.29. The first-order valence-corrected chi connectivity index (χ1v) is 13.0. The van der Waals surface area contributed by atoms with Gasteiger partial charge in [0.05, 0.1) is 24.8 Å². The molecule has 1 aromatic heterocycles. The number of hydrogen-bond acceptors (Lipinski definition) is 6. The molecule has 2 heterocycles. The first kappa shape index (κ1) is 25.5.